The maximum absolute atomic E-state index is 13.2. The molecule has 0 N–H and O–H groups in total. The first-order chi connectivity index (χ1) is 13.1. The third-order valence-corrected chi connectivity index (χ3v) is 5.25. The molecule has 1 fully saturated rings. The lowest BCUT2D eigenvalue weighted by Crippen LogP contribution is -2.33. The van der Waals surface area contributed by atoms with Crippen LogP contribution in [0.5, 0.6) is 0 Å². The molecule has 0 aliphatic heterocycles. The monoisotopic (exact) mass is 421 g/mol. The molecule has 2 aromatic heterocycles. The van der Waals surface area contributed by atoms with Crippen LogP contribution >= 0.6 is 15.9 Å². The largest absolute Gasteiger partial charge is 0.331 e. The molecular weight excluding hydrogens is 402 g/mol. The van der Waals surface area contributed by atoms with Crippen LogP contribution < -0.4 is 0 Å². The quantitative estimate of drug-likeness (QED) is 0.580. The van der Waals surface area contributed by atoms with Crippen molar-refractivity contribution in [3.05, 3.63) is 82.2 Å². The number of pyridine rings is 2. The van der Waals surface area contributed by atoms with E-state index in [1.165, 1.54) is 0 Å². The molecule has 1 aromatic carbocycles. The van der Waals surface area contributed by atoms with Crippen LogP contribution in [0.15, 0.2) is 65.4 Å². The van der Waals surface area contributed by atoms with Gasteiger partial charge in [0.15, 0.2) is 0 Å². The van der Waals surface area contributed by atoms with Crippen molar-refractivity contribution >= 4 is 21.8 Å². The smallest absolute Gasteiger partial charge is 0.256 e. The van der Waals surface area contributed by atoms with Crippen LogP contribution in [-0.2, 0) is 6.54 Å². The molecule has 5 heteroatoms. The average molecular weight is 422 g/mol. The maximum Gasteiger partial charge on any atom is 0.256 e. The van der Waals surface area contributed by atoms with Gasteiger partial charge in [-0.2, -0.15) is 0 Å². The highest BCUT2D eigenvalue weighted by atomic mass is 79.9. The van der Waals surface area contributed by atoms with Gasteiger partial charge in [-0.3, -0.25) is 14.8 Å². The topological polar surface area (TPSA) is 46.1 Å². The van der Waals surface area contributed by atoms with Crippen LogP contribution in [0.1, 0.15) is 34.5 Å². The highest BCUT2D eigenvalue weighted by molar-refractivity contribution is 9.10. The van der Waals surface area contributed by atoms with E-state index in [4.69, 9.17) is 4.98 Å². The van der Waals surface area contributed by atoms with E-state index in [0.29, 0.717) is 18.2 Å². The number of amides is 1. The fourth-order valence-electron chi connectivity index (χ4n) is 3.19. The molecule has 0 radical (unpaired) electrons. The molecule has 0 spiro atoms. The molecule has 2 heterocycles. The van der Waals surface area contributed by atoms with Gasteiger partial charge < -0.3 is 4.90 Å². The fraction of sp³-hybridized carbons (Fsp3) is 0.227. The number of halogens is 1. The zero-order valence-electron chi connectivity index (χ0n) is 15.1. The van der Waals surface area contributed by atoms with Crippen molar-refractivity contribution in [1.29, 1.82) is 0 Å². The normalized spacial score (nSPS) is 13.4. The molecule has 4 rings (SSSR count). The zero-order valence-corrected chi connectivity index (χ0v) is 16.7. The summed E-state index contributed by atoms with van der Waals surface area (Å²) in [6.45, 7) is 2.49. The van der Waals surface area contributed by atoms with Crippen LogP contribution in [0.3, 0.4) is 0 Å². The fourth-order valence-corrected chi connectivity index (χ4v) is 3.59. The first-order valence-electron chi connectivity index (χ1n) is 9.05. The van der Waals surface area contributed by atoms with Crippen LogP contribution in [0.2, 0.25) is 0 Å². The highest BCUT2D eigenvalue weighted by Gasteiger charge is 2.33. The van der Waals surface area contributed by atoms with Gasteiger partial charge in [-0.05, 0) is 55.7 Å². The van der Waals surface area contributed by atoms with Gasteiger partial charge in [0.1, 0.15) is 0 Å². The average Bonchev–Trinajstić information content (AvgIpc) is 3.51. The first kappa shape index (κ1) is 17.9. The second-order valence-corrected chi connectivity index (χ2v) is 7.78. The Morgan fingerprint density at radius 3 is 2.70 bits per heavy atom. The van der Waals surface area contributed by atoms with Crippen molar-refractivity contribution in [2.75, 3.05) is 0 Å². The third-order valence-electron chi connectivity index (χ3n) is 4.76. The van der Waals surface area contributed by atoms with Crippen molar-refractivity contribution in [2.45, 2.75) is 32.4 Å². The predicted octanol–water partition coefficient (Wildman–Crippen LogP) is 5.02. The van der Waals surface area contributed by atoms with Crippen molar-refractivity contribution in [3.8, 4) is 11.3 Å². The first-order valence-corrected chi connectivity index (χ1v) is 9.84. The molecular formula is C22H20BrN3O. The summed E-state index contributed by atoms with van der Waals surface area (Å²) in [7, 11) is 0. The van der Waals surface area contributed by atoms with Crippen molar-refractivity contribution < 1.29 is 4.79 Å². The summed E-state index contributed by atoms with van der Waals surface area (Å²) in [4.78, 5) is 24.0. The SMILES string of the molecule is Cc1nc(-c2cccc(Br)c2)ccc1C(=O)N(Cc1cccnc1)C1CC1. The molecule has 0 saturated heterocycles. The zero-order chi connectivity index (χ0) is 18.8. The lowest BCUT2D eigenvalue weighted by molar-refractivity contribution is 0.0728. The Balaban J connectivity index is 1.60. The Bertz CT molecular complexity index is 970. The summed E-state index contributed by atoms with van der Waals surface area (Å²) in [6, 6.07) is 16.1. The minimum Gasteiger partial charge on any atom is -0.331 e. The summed E-state index contributed by atoms with van der Waals surface area (Å²) in [5, 5.41) is 0. The van der Waals surface area contributed by atoms with Crippen LogP contribution in [0.25, 0.3) is 11.3 Å². The van der Waals surface area contributed by atoms with E-state index in [0.717, 1.165) is 39.8 Å². The minimum atomic E-state index is 0.0483. The van der Waals surface area contributed by atoms with Gasteiger partial charge in [-0.1, -0.05) is 34.1 Å². The summed E-state index contributed by atoms with van der Waals surface area (Å²) >= 11 is 3.50. The summed E-state index contributed by atoms with van der Waals surface area (Å²) in [6.07, 6.45) is 5.70. The van der Waals surface area contributed by atoms with E-state index in [1.807, 2.05) is 66.6 Å². The Morgan fingerprint density at radius 2 is 2.04 bits per heavy atom. The highest BCUT2D eigenvalue weighted by Crippen LogP contribution is 2.31. The number of aryl methyl sites for hydroxylation is 1. The summed E-state index contributed by atoms with van der Waals surface area (Å²) in [5.41, 5.74) is 4.38. The van der Waals surface area contributed by atoms with Crippen LogP contribution in [0.4, 0.5) is 0 Å². The molecule has 0 bridgehead atoms. The van der Waals surface area contributed by atoms with Gasteiger partial charge in [0, 0.05) is 35.0 Å². The molecule has 4 nitrogen and oxygen atoms in total. The van der Waals surface area contributed by atoms with Gasteiger partial charge in [0.05, 0.1) is 17.0 Å². The van der Waals surface area contributed by atoms with E-state index in [1.54, 1.807) is 6.20 Å². The van der Waals surface area contributed by atoms with E-state index in [-0.39, 0.29) is 5.91 Å². The number of carbonyl (C=O) groups excluding carboxylic acids is 1. The third kappa shape index (κ3) is 4.08. The Kier molecular flexibility index (Phi) is 5.03. The van der Waals surface area contributed by atoms with Gasteiger partial charge in [0.2, 0.25) is 0 Å². The molecule has 1 amide bonds. The molecule has 0 unspecified atom stereocenters. The lowest BCUT2D eigenvalue weighted by atomic mass is 10.1. The van der Waals surface area contributed by atoms with E-state index < -0.39 is 0 Å². The Morgan fingerprint density at radius 1 is 1.19 bits per heavy atom. The number of hydrogen-bond acceptors (Lipinski definition) is 3. The minimum absolute atomic E-state index is 0.0483. The number of nitrogens with zero attached hydrogens (tertiary/aromatic N) is 3. The number of benzene rings is 1. The van der Waals surface area contributed by atoms with Gasteiger partial charge in [-0.15, -0.1) is 0 Å². The number of aromatic nitrogens is 2. The van der Waals surface area contributed by atoms with Crippen LogP contribution in [0, 0.1) is 6.92 Å². The standard InChI is InChI=1S/C22H20BrN3O/c1-15-20(9-10-21(25-15)17-5-2-6-18(23)12-17)22(27)26(19-7-8-19)14-16-4-3-11-24-13-16/h2-6,9-13,19H,7-8,14H2,1H3. The molecule has 1 aliphatic rings. The van der Waals surface area contributed by atoms with E-state index in [9.17, 15) is 4.79 Å². The molecule has 1 aliphatic carbocycles. The molecule has 0 atom stereocenters. The predicted molar refractivity (Wildman–Crippen MR) is 109 cm³/mol. The van der Waals surface area contributed by atoms with Gasteiger partial charge in [-0.25, -0.2) is 0 Å². The Labute approximate surface area is 167 Å². The number of carbonyl (C=O) groups is 1. The molecule has 27 heavy (non-hydrogen) atoms. The van der Waals surface area contributed by atoms with Crippen molar-refractivity contribution in [1.82, 2.24) is 14.9 Å². The summed E-state index contributed by atoms with van der Waals surface area (Å²) < 4.78 is 1.01. The van der Waals surface area contributed by atoms with Gasteiger partial charge >= 0.3 is 0 Å². The van der Waals surface area contributed by atoms with E-state index >= 15 is 0 Å². The second kappa shape index (κ2) is 7.61. The Hall–Kier alpha value is -2.53. The molecule has 136 valence electrons. The van der Waals surface area contributed by atoms with Crippen molar-refractivity contribution in [3.63, 3.8) is 0 Å². The van der Waals surface area contributed by atoms with Crippen LogP contribution in [-0.4, -0.2) is 26.8 Å². The number of rotatable bonds is 5. The second-order valence-electron chi connectivity index (χ2n) is 6.87. The summed E-state index contributed by atoms with van der Waals surface area (Å²) in [5.74, 6) is 0.0483. The van der Waals surface area contributed by atoms with Crippen molar-refractivity contribution in [2.24, 2.45) is 0 Å². The molecule has 3 aromatic rings. The number of hydrogen-bond donors (Lipinski definition) is 0. The maximum atomic E-state index is 13.2. The van der Waals surface area contributed by atoms with E-state index in [2.05, 4.69) is 20.9 Å². The lowest BCUT2D eigenvalue weighted by Gasteiger charge is -2.23. The van der Waals surface area contributed by atoms with Gasteiger partial charge in [0.25, 0.3) is 5.91 Å². The molecule has 1 saturated carbocycles.